The predicted octanol–water partition coefficient (Wildman–Crippen LogP) is 0.900. The lowest BCUT2D eigenvalue weighted by molar-refractivity contribution is 0.0659. The van der Waals surface area contributed by atoms with E-state index >= 15 is 0 Å². The normalized spacial score (nSPS) is 11.9. The molecule has 3 N–H and O–H groups in total. The van der Waals surface area contributed by atoms with Crippen LogP contribution in [0.5, 0.6) is 0 Å². The maximum Gasteiger partial charge on any atom is 0.371 e. The molecular weight excluding hydrogens is 250 g/mol. The monoisotopic (exact) mass is 269 g/mol. The van der Waals surface area contributed by atoms with E-state index in [-0.39, 0.29) is 17.8 Å². The van der Waals surface area contributed by atoms with Gasteiger partial charge in [0.1, 0.15) is 5.76 Å². The van der Waals surface area contributed by atoms with Crippen LogP contribution in [0.2, 0.25) is 0 Å². The molecule has 1 atom stereocenters. The number of carboxylic acid groups (broad SMARTS) is 1. The lowest BCUT2D eigenvalue weighted by Crippen LogP contribution is -2.38. The third-order valence-corrected chi connectivity index (χ3v) is 2.52. The molecule has 0 bridgehead atoms. The van der Waals surface area contributed by atoms with Crippen molar-refractivity contribution >= 4 is 12.0 Å². The van der Waals surface area contributed by atoms with Gasteiger partial charge in [-0.3, -0.25) is 0 Å². The maximum atomic E-state index is 11.2. The number of furan rings is 1. The molecule has 0 fully saturated rings. The van der Waals surface area contributed by atoms with Gasteiger partial charge in [-0.25, -0.2) is 9.59 Å². The zero-order valence-corrected chi connectivity index (χ0v) is 11.3. The van der Waals surface area contributed by atoms with Crippen molar-refractivity contribution < 1.29 is 19.1 Å². The molecule has 1 rings (SSSR count). The average Bonchev–Trinajstić information content (AvgIpc) is 2.83. The molecule has 1 aromatic rings. The van der Waals surface area contributed by atoms with Crippen molar-refractivity contribution in [3.8, 4) is 0 Å². The van der Waals surface area contributed by atoms with Gasteiger partial charge in [0.25, 0.3) is 0 Å². The van der Waals surface area contributed by atoms with E-state index in [1.54, 1.807) is 20.2 Å². The fourth-order valence-corrected chi connectivity index (χ4v) is 1.42. The molecule has 0 spiro atoms. The van der Waals surface area contributed by atoms with Gasteiger partial charge in [-0.15, -0.1) is 0 Å². The maximum absolute atomic E-state index is 11.2. The first-order valence-corrected chi connectivity index (χ1v) is 5.93. The van der Waals surface area contributed by atoms with Crippen LogP contribution in [0.25, 0.3) is 0 Å². The van der Waals surface area contributed by atoms with Gasteiger partial charge in [0.05, 0.1) is 6.04 Å². The van der Waals surface area contributed by atoms with Crippen molar-refractivity contribution in [3.63, 3.8) is 0 Å². The Bertz CT molecular complexity index is 442. The molecule has 0 saturated heterocycles. The average molecular weight is 269 g/mol. The summed E-state index contributed by atoms with van der Waals surface area (Å²) in [6.07, 6.45) is 0. The molecule has 0 aliphatic carbocycles. The van der Waals surface area contributed by atoms with Crippen LogP contribution in [-0.2, 0) is 0 Å². The van der Waals surface area contributed by atoms with Gasteiger partial charge in [0.2, 0.25) is 5.76 Å². The first-order valence-electron chi connectivity index (χ1n) is 5.93. The van der Waals surface area contributed by atoms with Gasteiger partial charge in [0, 0.05) is 27.2 Å². The highest BCUT2D eigenvalue weighted by atomic mass is 16.4. The van der Waals surface area contributed by atoms with Crippen molar-refractivity contribution in [1.82, 2.24) is 15.5 Å². The highest BCUT2D eigenvalue weighted by molar-refractivity contribution is 5.84. The first kappa shape index (κ1) is 15.0. The van der Waals surface area contributed by atoms with E-state index in [0.717, 1.165) is 0 Å². The summed E-state index contributed by atoms with van der Waals surface area (Å²) in [4.78, 5) is 23.4. The van der Waals surface area contributed by atoms with Crippen molar-refractivity contribution in [2.75, 3.05) is 27.2 Å². The van der Waals surface area contributed by atoms with E-state index in [1.807, 2.05) is 6.92 Å². The molecule has 0 aliphatic heterocycles. The third kappa shape index (κ3) is 4.63. The number of carbonyl (C=O) groups excluding carboxylic acids is 1. The molecule has 0 aromatic carbocycles. The van der Waals surface area contributed by atoms with Crippen molar-refractivity contribution in [2.45, 2.75) is 13.0 Å². The zero-order valence-electron chi connectivity index (χ0n) is 11.3. The number of hydrogen-bond acceptors (Lipinski definition) is 4. The lowest BCUT2D eigenvalue weighted by atomic mass is 10.2. The van der Waals surface area contributed by atoms with Crippen LogP contribution in [0.4, 0.5) is 4.79 Å². The van der Waals surface area contributed by atoms with E-state index in [4.69, 9.17) is 9.52 Å². The second-order valence-corrected chi connectivity index (χ2v) is 4.31. The van der Waals surface area contributed by atoms with E-state index in [1.165, 1.54) is 11.0 Å². The second kappa shape index (κ2) is 6.79. The Morgan fingerprint density at radius 1 is 1.37 bits per heavy atom. The van der Waals surface area contributed by atoms with Gasteiger partial charge >= 0.3 is 12.0 Å². The molecule has 1 unspecified atom stereocenters. The lowest BCUT2D eigenvalue weighted by Gasteiger charge is -2.14. The first-order chi connectivity index (χ1) is 8.91. The van der Waals surface area contributed by atoms with Crippen LogP contribution >= 0.6 is 0 Å². The SMILES string of the molecule is CC(NCCNC(=O)N(C)C)c1ccc(C(=O)O)o1. The predicted molar refractivity (Wildman–Crippen MR) is 69.2 cm³/mol. The summed E-state index contributed by atoms with van der Waals surface area (Å²) in [7, 11) is 3.34. The fourth-order valence-electron chi connectivity index (χ4n) is 1.42. The van der Waals surface area contributed by atoms with E-state index in [0.29, 0.717) is 18.8 Å². The zero-order chi connectivity index (χ0) is 14.4. The Kier molecular flexibility index (Phi) is 5.37. The van der Waals surface area contributed by atoms with E-state index < -0.39 is 5.97 Å². The van der Waals surface area contributed by atoms with Crippen LogP contribution in [0, 0.1) is 0 Å². The Balaban J connectivity index is 2.32. The minimum Gasteiger partial charge on any atom is -0.475 e. The number of aromatic carboxylic acids is 1. The number of nitrogens with one attached hydrogen (secondary N) is 2. The molecular formula is C12H19N3O4. The van der Waals surface area contributed by atoms with Crippen LogP contribution in [0.3, 0.4) is 0 Å². The topological polar surface area (TPSA) is 94.8 Å². The third-order valence-electron chi connectivity index (χ3n) is 2.52. The van der Waals surface area contributed by atoms with Crippen molar-refractivity contribution in [1.29, 1.82) is 0 Å². The van der Waals surface area contributed by atoms with Crippen LogP contribution < -0.4 is 10.6 Å². The summed E-state index contributed by atoms with van der Waals surface area (Å²) in [5.74, 6) is -0.613. The number of nitrogens with zero attached hydrogens (tertiary/aromatic N) is 1. The van der Waals surface area contributed by atoms with Gasteiger partial charge < -0.3 is 25.1 Å². The Morgan fingerprint density at radius 3 is 2.58 bits per heavy atom. The minimum atomic E-state index is -1.09. The van der Waals surface area contributed by atoms with Crippen LogP contribution in [0.15, 0.2) is 16.5 Å². The molecule has 1 heterocycles. The molecule has 0 saturated carbocycles. The quantitative estimate of drug-likeness (QED) is 0.667. The Hall–Kier alpha value is -2.02. The van der Waals surface area contributed by atoms with Crippen LogP contribution in [-0.4, -0.2) is 49.2 Å². The standard InChI is InChI=1S/C12H19N3O4/c1-8(9-4-5-10(19-9)11(16)17)13-6-7-14-12(18)15(2)3/h4-5,8,13H,6-7H2,1-3H3,(H,14,18)(H,16,17). The molecule has 1 aromatic heterocycles. The summed E-state index contributed by atoms with van der Waals surface area (Å²) in [6, 6.07) is 2.77. The van der Waals surface area contributed by atoms with Gasteiger partial charge in [-0.1, -0.05) is 0 Å². The van der Waals surface area contributed by atoms with Crippen molar-refractivity contribution in [2.24, 2.45) is 0 Å². The highest BCUT2D eigenvalue weighted by Gasteiger charge is 2.13. The molecule has 106 valence electrons. The number of urea groups is 1. The minimum absolute atomic E-state index is 0.0791. The summed E-state index contributed by atoms with van der Waals surface area (Å²) in [5.41, 5.74) is 0. The van der Waals surface area contributed by atoms with Gasteiger partial charge in [0.15, 0.2) is 0 Å². The number of hydrogen-bond donors (Lipinski definition) is 3. The Labute approximate surface area is 111 Å². The second-order valence-electron chi connectivity index (χ2n) is 4.31. The van der Waals surface area contributed by atoms with Crippen LogP contribution in [0.1, 0.15) is 29.3 Å². The van der Waals surface area contributed by atoms with Gasteiger partial charge in [-0.05, 0) is 19.1 Å². The van der Waals surface area contributed by atoms with Gasteiger partial charge in [-0.2, -0.15) is 0 Å². The largest absolute Gasteiger partial charge is 0.475 e. The molecule has 0 radical (unpaired) electrons. The fraction of sp³-hybridized carbons (Fsp3) is 0.500. The molecule has 7 heteroatoms. The smallest absolute Gasteiger partial charge is 0.371 e. The van der Waals surface area contributed by atoms with E-state index in [2.05, 4.69) is 10.6 Å². The summed E-state index contributed by atoms with van der Waals surface area (Å²) >= 11 is 0. The number of amides is 2. The molecule has 0 aliphatic rings. The summed E-state index contributed by atoms with van der Waals surface area (Å²) in [5, 5.41) is 14.6. The van der Waals surface area contributed by atoms with E-state index in [9.17, 15) is 9.59 Å². The highest BCUT2D eigenvalue weighted by Crippen LogP contribution is 2.15. The molecule has 19 heavy (non-hydrogen) atoms. The summed E-state index contributed by atoms with van der Waals surface area (Å²) in [6.45, 7) is 2.90. The van der Waals surface area contributed by atoms with Crippen molar-refractivity contribution in [3.05, 3.63) is 23.7 Å². The summed E-state index contributed by atoms with van der Waals surface area (Å²) < 4.78 is 5.17. The Morgan fingerprint density at radius 2 is 2.05 bits per heavy atom. The molecule has 2 amide bonds. The number of carbonyl (C=O) groups is 2. The number of rotatable bonds is 6. The number of carboxylic acids is 1. The molecule has 7 nitrogen and oxygen atoms in total.